The van der Waals surface area contributed by atoms with Crippen molar-refractivity contribution in [2.45, 2.75) is 31.3 Å². The SMILES string of the molecule is CN[C@@H]1[C@H](O)COC(C)[C@@H]1O. The second-order valence-corrected chi connectivity index (χ2v) is 2.91. The summed E-state index contributed by atoms with van der Waals surface area (Å²) in [5.41, 5.74) is 0. The Kier molecular flexibility index (Phi) is 2.84. The molecule has 0 aromatic rings. The molecule has 0 aliphatic carbocycles. The Hall–Kier alpha value is -0.160. The van der Waals surface area contributed by atoms with E-state index in [1.54, 1.807) is 14.0 Å². The molecule has 1 aliphatic rings. The number of rotatable bonds is 1. The molecule has 3 N–H and O–H groups in total. The molecule has 4 atom stereocenters. The Morgan fingerprint density at radius 2 is 2.09 bits per heavy atom. The molecule has 1 aliphatic heterocycles. The Morgan fingerprint density at radius 1 is 1.45 bits per heavy atom. The van der Waals surface area contributed by atoms with E-state index in [1.165, 1.54) is 0 Å². The minimum absolute atomic E-state index is 0.198. The monoisotopic (exact) mass is 161 g/mol. The molecule has 4 nitrogen and oxygen atoms in total. The maximum Gasteiger partial charge on any atom is 0.0977 e. The third kappa shape index (κ3) is 1.70. The van der Waals surface area contributed by atoms with E-state index in [0.717, 1.165) is 0 Å². The van der Waals surface area contributed by atoms with Crippen molar-refractivity contribution in [3.63, 3.8) is 0 Å². The summed E-state index contributed by atoms with van der Waals surface area (Å²) in [5.74, 6) is 0. The van der Waals surface area contributed by atoms with Crippen LogP contribution in [0.2, 0.25) is 0 Å². The first kappa shape index (κ1) is 8.93. The summed E-state index contributed by atoms with van der Waals surface area (Å²) >= 11 is 0. The quantitative estimate of drug-likeness (QED) is 0.448. The van der Waals surface area contributed by atoms with Crippen molar-refractivity contribution in [2.75, 3.05) is 13.7 Å². The normalized spacial score (nSPS) is 45.8. The van der Waals surface area contributed by atoms with Crippen LogP contribution in [0.15, 0.2) is 0 Å². The second-order valence-electron chi connectivity index (χ2n) is 2.91. The summed E-state index contributed by atoms with van der Waals surface area (Å²) < 4.78 is 5.09. The first-order valence-corrected chi connectivity index (χ1v) is 3.82. The molecule has 0 spiro atoms. The van der Waals surface area contributed by atoms with Crippen molar-refractivity contribution in [3.05, 3.63) is 0 Å². The van der Waals surface area contributed by atoms with Gasteiger partial charge in [0.05, 0.1) is 31.0 Å². The van der Waals surface area contributed by atoms with Gasteiger partial charge < -0.3 is 20.3 Å². The summed E-state index contributed by atoms with van der Waals surface area (Å²) in [6.45, 7) is 2.09. The molecular formula is C7H15NO3. The molecule has 0 aromatic heterocycles. The fourth-order valence-corrected chi connectivity index (χ4v) is 1.34. The number of hydrogen-bond donors (Lipinski definition) is 3. The van der Waals surface area contributed by atoms with E-state index in [4.69, 9.17) is 4.74 Å². The number of hydrogen-bond acceptors (Lipinski definition) is 4. The highest BCUT2D eigenvalue weighted by molar-refractivity contribution is 4.89. The first-order chi connectivity index (χ1) is 5.16. The van der Waals surface area contributed by atoms with Crippen molar-refractivity contribution in [3.8, 4) is 0 Å². The molecule has 0 radical (unpaired) electrons. The maximum atomic E-state index is 9.46. The van der Waals surface area contributed by atoms with Crippen LogP contribution >= 0.6 is 0 Å². The van der Waals surface area contributed by atoms with Crippen LogP contribution in [0, 0.1) is 0 Å². The van der Waals surface area contributed by atoms with Crippen LogP contribution in [0.4, 0.5) is 0 Å². The van der Waals surface area contributed by atoms with E-state index in [-0.39, 0.29) is 12.1 Å². The summed E-state index contributed by atoms with van der Waals surface area (Å²) in [7, 11) is 1.72. The van der Waals surface area contributed by atoms with Crippen molar-refractivity contribution >= 4 is 0 Å². The largest absolute Gasteiger partial charge is 0.389 e. The first-order valence-electron chi connectivity index (χ1n) is 3.82. The van der Waals surface area contributed by atoms with Gasteiger partial charge in [0.15, 0.2) is 0 Å². The van der Waals surface area contributed by atoms with Gasteiger partial charge in [-0.1, -0.05) is 0 Å². The molecule has 11 heavy (non-hydrogen) atoms. The van der Waals surface area contributed by atoms with E-state index in [1.807, 2.05) is 0 Å². The van der Waals surface area contributed by atoms with Crippen molar-refractivity contribution in [1.29, 1.82) is 0 Å². The molecular weight excluding hydrogens is 146 g/mol. The smallest absolute Gasteiger partial charge is 0.0977 e. The highest BCUT2D eigenvalue weighted by atomic mass is 16.5. The lowest BCUT2D eigenvalue weighted by Gasteiger charge is -2.36. The lowest BCUT2D eigenvalue weighted by molar-refractivity contribution is -0.133. The zero-order valence-corrected chi connectivity index (χ0v) is 6.82. The zero-order chi connectivity index (χ0) is 8.43. The number of aliphatic hydroxyl groups is 2. The number of aliphatic hydroxyl groups excluding tert-OH is 2. The van der Waals surface area contributed by atoms with Gasteiger partial charge in [0.25, 0.3) is 0 Å². The molecule has 1 fully saturated rings. The van der Waals surface area contributed by atoms with Crippen LogP contribution in [-0.2, 0) is 4.74 Å². The average Bonchev–Trinajstić information content (AvgIpc) is 1.99. The lowest BCUT2D eigenvalue weighted by Crippen LogP contribution is -2.57. The number of nitrogens with one attached hydrogen (secondary N) is 1. The van der Waals surface area contributed by atoms with Gasteiger partial charge in [0, 0.05) is 0 Å². The van der Waals surface area contributed by atoms with Gasteiger partial charge in [-0.15, -0.1) is 0 Å². The Labute approximate surface area is 66.2 Å². The molecule has 0 bridgehead atoms. The molecule has 66 valence electrons. The topological polar surface area (TPSA) is 61.7 Å². The predicted octanol–water partition coefficient (Wildman–Crippen LogP) is -1.29. The molecule has 1 heterocycles. The number of ether oxygens (including phenoxy) is 1. The third-order valence-corrected chi connectivity index (χ3v) is 2.13. The minimum atomic E-state index is -0.622. The summed E-state index contributed by atoms with van der Waals surface area (Å²) in [4.78, 5) is 0. The van der Waals surface area contributed by atoms with Gasteiger partial charge in [-0.25, -0.2) is 0 Å². The van der Waals surface area contributed by atoms with E-state index in [2.05, 4.69) is 5.32 Å². The molecule has 0 aromatic carbocycles. The van der Waals surface area contributed by atoms with E-state index in [0.29, 0.717) is 6.61 Å². The summed E-state index contributed by atoms with van der Waals surface area (Å²) in [5, 5.41) is 21.6. The van der Waals surface area contributed by atoms with Crippen LogP contribution in [0.1, 0.15) is 6.92 Å². The van der Waals surface area contributed by atoms with Gasteiger partial charge >= 0.3 is 0 Å². The lowest BCUT2D eigenvalue weighted by atomic mass is 9.98. The second kappa shape index (κ2) is 3.49. The molecule has 4 heteroatoms. The van der Waals surface area contributed by atoms with E-state index in [9.17, 15) is 10.2 Å². The maximum absolute atomic E-state index is 9.46. The van der Waals surface area contributed by atoms with Crippen LogP contribution in [0.5, 0.6) is 0 Å². The van der Waals surface area contributed by atoms with E-state index < -0.39 is 12.2 Å². The third-order valence-electron chi connectivity index (χ3n) is 2.13. The number of likely N-dealkylation sites (N-methyl/N-ethyl adjacent to an activating group) is 1. The van der Waals surface area contributed by atoms with Crippen molar-refractivity contribution < 1.29 is 14.9 Å². The summed E-state index contributed by atoms with van der Waals surface area (Å²) in [6, 6.07) is -0.265. The van der Waals surface area contributed by atoms with Gasteiger partial charge in [-0.3, -0.25) is 0 Å². The summed E-state index contributed by atoms with van der Waals surface area (Å²) in [6.07, 6.45) is -1.43. The van der Waals surface area contributed by atoms with E-state index >= 15 is 0 Å². The zero-order valence-electron chi connectivity index (χ0n) is 6.82. The Balaban J connectivity index is 2.55. The molecule has 0 amide bonds. The van der Waals surface area contributed by atoms with Gasteiger partial charge in [-0.2, -0.15) is 0 Å². The fourth-order valence-electron chi connectivity index (χ4n) is 1.34. The van der Waals surface area contributed by atoms with Gasteiger partial charge in [0.2, 0.25) is 0 Å². The highest BCUT2D eigenvalue weighted by Gasteiger charge is 2.34. The highest BCUT2D eigenvalue weighted by Crippen LogP contribution is 2.14. The Bertz CT molecular complexity index is 131. The Morgan fingerprint density at radius 3 is 2.55 bits per heavy atom. The molecule has 1 rings (SSSR count). The van der Waals surface area contributed by atoms with Crippen molar-refractivity contribution in [2.24, 2.45) is 0 Å². The average molecular weight is 161 g/mol. The fraction of sp³-hybridized carbons (Fsp3) is 1.00. The van der Waals surface area contributed by atoms with Gasteiger partial charge in [0.1, 0.15) is 0 Å². The van der Waals surface area contributed by atoms with Crippen LogP contribution in [-0.4, -0.2) is 48.2 Å². The van der Waals surface area contributed by atoms with Crippen LogP contribution < -0.4 is 5.32 Å². The molecule has 1 saturated heterocycles. The standard InChI is InChI=1S/C7H15NO3/c1-4-7(10)6(8-2)5(9)3-11-4/h4-10H,3H2,1-2H3/t4?,5-,6-,7+/m1/s1. The minimum Gasteiger partial charge on any atom is -0.389 e. The van der Waals surface area contributed by atoms with Crippen LogP contribution in [0.3, 0.4) is 0 Å². The molecule has 0 saturated carbocycles. The molecule has 1 unspecified atom stereocenters. The predicted molar refractivity (Wildman–Crippen MR) is 40.3 cm³/mol. The van der Waals surface area contributed by atoms with Crippen molar-refractivity contribution in [1.82, 2.24) is 5.32 Å². The van der Waals surface area contributed by atoms with Gasteiger partial charge in [-0.05, 0) is 14.0 Å². The van der Waals surface area contributed by atoms with Crippen LogP contribution in [0.25, 0.3) is 0 Å².